The number of rotatable bonds is 2. The molecule has 0 bridgehead atoms. The summed E-state index contributed by atoms with van der Waals surface area (Å²) < 4.78 is 0. The normalized spacial score (nSPS) is 12.9. The molecule has 1 aliphatic carbocycles. The van der Waals surface area contributed by atoms with E-state index < -0.39 is 11.7 Å². The lowest BCUT2D eigenvalue weighted by Crippen LogP contribution is -2.25. The predicted octanol–water partition coefficient (Wildman–Crippen LogP) is 0.947. The lowest BCUT2D eigenvalue weighted by atomic mass is 9.93. The molecule has 1 aliphatic rings. The molecule has 0 aliphatic heterocycles. The van der Waals surface area contributed by atoms with Crippen LogP contribution in [-0.4, -0.2) is 46.7 Å². The van der Waals surface area contributed by atoms with Crippen molar-refractivity contribution in [1.82, 2.24) is 15.0 Å². The largest absolute Gasteiger partial charge is 0.306 e. The summed E-state index contributed by atoms with van der Waals surface area (Å²) in [6.45, 7) is 0. The molecule has 21 heavy (non-hydrogen) atoms. The van der Waals surface area contributed by atoms with Gasteiger partial charge >= 0.3 is 5.91 Å². The molecule has 2 aromatic rings. The van der Waals surface area contributed by atoms with E-state index in [4.69, 9.17) is 4.84 Å². The Morgan fingerprint density at radius 3 is 2.76 bits per heavy atom. The van der Waals surface area contributed by atoms with Crippen molar-refractivity contribution >= 4 is 28.8 Å². The minimum atomic E-state index is -0.514. The third-order valence-electron chi connectivity index (χ3n) is 3.10. The molecular formula is C13H9N3O4S. The molecule has 0 radical (unpaired) electrons. The van der Waals surface area contributed by atoms with Crippen LogP contribution in [0.1, 0.15) is 41.1 Å². The monoisotopic (exact) mass is 303 g/mol. The Morgan fingerprint density at radius 1 is 1.29 bits per heavy atom. The highest BCUT2D eigenvalue weighted by Crippen LogP contribution is 2.30. The summed E-state index contributed by atoms with van der Waals surface area (Å²) >= 11 is 0.889. The molecule has 106 valence electrons. The minimum Gasteiger partial charge on any atom is -0.288 e. The third-order valence-corrected chi connectivity index (χ3v) is 4.14. The fraction of sp³-hybridized carbons (Fsp3) is 0.154. The number of thiazole rings is 1. The molecule has 0 N–H and O–H groups in total. The summed E-state index contributed by atoms with van der Waals surface area (Å²) in [5.74, 6) is -1.23. The van der Waals surface area contributed by atoms with Crippen LogP contribution >= 0.6 is 11.3 Å². The van der Waals surface area contributed by atoms with Crippen LogP contribution in [0.2, 0.25) is 0 Å². The Labute approximate surface area is 123 Å². The second-order valence-electron chi connectivity index (χ2n) is 4.26. The number of amides is 1. The van der Waals surface area contributed by atoms with Crippen LogP contribution in [0.15, 0.2) is 18.5 Å². The molecule has 3 rings (SSSR count). The van der Waals surface area contributed by atoms with Crippen LogP contribution in [0.5, 0.6) is 0 Å². The number of aromatic nitrogens is 2. The van der Waals surface area contributed by atoms with Crippen molar-refractivity contribution in [3.8, 4) is 0 Å². The molecule has 7 nitrogen and oxygen atoms in total. The number of hydrogen-bond acceptors (Lipinski definition) is 7. The third kappa shape index (κ3) is 1.96. The lowest BCUT2D eigenvalue weighted by molar-refractivity contribution is -0.0757. The first-order chi connectivity index (χ1) is 10.0. The van der Waals surface area contributed by atoms with Crippen LogP contribution in [0.3, 0.4) is 0 Å². The Hall–Kier alpha value is -2.45. The van der Waals surface area contributed by atoms with Gasteiger partial charge < -0.3 is 0 Å². The molecule has 0 saturated carbocycles. The van der Waals surface area contributed by atoms with Crippen molar-refractivity contribution in [3.63, 3.8) is 0 Å². The van der Waals surface area contributed by atoms with Gasteiger partial charge in [-0.1, -0.05) is 0 Å². The zero-order valence-corrected chi connectivity index (χ0v) is 11.9. The summed E-state index contributed by atoms with van der Waals surface area (Å²) in [6.07, 6.45) is 2.78. The van der Waals surface area contributed by atoms with E-state index in [9.17, 15) is 14.4 Å². The molecule has 2 aromatic heterocycles. The van der Waals surface area contributed by atoms with E-state index in [1.165, 1.54) is 32.6 Å². The maximum atomic E-state index is 12.4. The SMILES string of the molecule is CON(C)C(=O)c1nc2c(s1)C(=O)c1ccncc1C2=O. The van der Waals surface area contributed by atoms with Crippen LogP contribution in [0.25, 0.3) is 0 Å². The highest BCUT2D eigenvalue weighted by molar-refractivity contribution is 7.16. The van der Waals surface area contributed by atoms with Gasteiger partial charge in [0.25, 0.3) is 0 Å². The summed E-state index contributed by atoms with van der Waals surface area (Å²) in [4.78, 5) is 49.5. The van der Waals surface area contributed by atoms with Crippen molar-refractivity contribution < 1.29 is 19.2 Å². The van der Waals surface area contributed by atoms with E-state index in [1.807, 2.05) is 0 Å². The van der Waals surface area contributed by atoms with Crippen molar-refractivity contribution in [2.45, 2.75) is 0 Å². The lowest BCUT2D eigenvalue weighted by Gasteiger charge is -2.11. The fourth-order valence-corrected chi connectivity index (χ4v) is 2.94. The van der Waals surface area contributed by atoms with E-state index in [0.717, 1.165) is 16.4 Å². The van der Waals surface area contributed by atoms with Crippen molar-refractivity contribution in [1.29, 1.82) is 0 Å². The summed E-state index contributed by atoms with van der Waals surface area (Å²) in [6, 6.07) is 1.49. The zero-order chi connectivity index (χ0) is 15.1. The van der Waals surface area contributed by atoms with E-state index in [2.05, 4.69) is 9.97 Å². The van der Waals surface area contributed by atoms with Crippen LogP contribution in [0, 0.1) is 0 Å². The Kier molecular flexibility index (Phi) is 3.11. The average Bonchev–Trinajstić information content (AvgIpc) is 2.96. The van der Waals surface area contributed by atoms with Crippen LogP contribution < -0.4 is 0 Å². The highest BCUT2D eigenvalue weighted by atomic mass is 32.1. The van der Waals surface area contributed by atoms with Crippen molar-refractivity contribution in [3.05, 3.63) is 45.2 Å². The van der Waals surface area contributed by atoms with Crippen molar-refractivity contribution in [2.24, 2.45) is 0 Å². The number of nitrogens with zero attached hydrogens (tertiary/aromatic N) is 3. The summed E-state index contributed by atoms with van der Waals surface area (Å²) in [5, 5.41) is 1.01. The number of hydrogen-bond donors (Lipinski definition) is 0. The average molecular weight is 303 g/mol. The predicted molar refractivity (Wildman–Crippen MR) is 72.3 cm³/mol. The minimum absolute atomic E-state index is 0.00152. The molecule has 2 heterocycles. The number of carbonyl (C=O) groups excluding carboxylic acids is 3. The van der Waals surface area contributed by atoms with Gasteiger partial charge in [0.1, 0.15) is 10.6 Å². The topological polar surface area (TPSA) is 89.5 Å². The van der Waals surface area contributed by atoms with E-state index in [-0.39, 0.29) is 32.5 Å². The Bertz CT molecular complexity index is 731. The smallest absolute Gasteiger partial charge is 0.288 e. The number of carbonyl (C=O) groups is 3. The molecule has 0 aromatic carbocycles. The van der Waals surface area contributed by atoms with Gasteiger partial charge in [0.15, 0.2) is 5.01 Å². The maximum absolute atomic E-state index is 12.4. The van der Waals surface area contributed by atoms with Crippen LogP contribution in [-0.2, 0) is 4.84 Å². The fourth-order valence-electron chi connectivity index (χ4n) is 1.96. The van der Waals surface area contributed by atoms with Crippen molar-refractivity contribution in [2.75, 3.05) is 14.2 Å². The molecule has 0 fully saturated rings. The molecule has 0 atom stereocenters. The highest BCUT2D eigenvalue weighted by Gasteiger charge is 2.35. The van der Waals surface area contributed by atoms with Gasteiger partial charge in [-0.25, -0.2) is 10.0 Å². The molecular weight excluding hydrogens is 294 g/mol. The Morgan fingerprint density at radius 2 is 2.05 bits per heavy atom. The van der Waals surface area contributed by atoms with Gasteiger partial charge in [0, 0.05) is 25.0 Å². The molecule has 8 heteroatoms. The van der Waals surface area contributed by atoms with E-state index in [1.54, 1.807) is 0 Å². The van der Waals surface area contributed by atoms with Gasteiger partial charge in [-0.05, 0) is 6.07 Å². The first-order valence-electron chi connectivity index (χ1n) is 5.91. The molecule has 1 amide bonds. The van der Waals surface area contributed by atoms with Gasteiger partial charge in [-0.3, -0.25) is 24.2 Å². The van der Waals surface area contributed by atoms with E-state index >= 15 is 0 Å². The second kappa shape index (κ2) is 4.83. The molecule has 0 saturated heterocycles. The molecule has 0 spiro atoms. The van der Waals surface area contributed by atoms with Gasteiger partial charge in [0.05, 0.1) is 12.7 Å². The number of ketones is 2. The first-order valence-corrected chi connectivity index (χ1v) is 6.72. The Balaban J connectivity index is 2.11. The van der Waals surface area contributed by atoms with Gasteiger partial charge in [-0.2, -0.15) is 0 Å². The summed E-state index contributed by atoms with van der Waals surface area (Å²) in [7, 11) is 2.76. The van der Waals surface area contributed by atoms with Crippen LogP contribution in [0.4, 0.5) is 0 Å². The number of fused-ring (bicyclic) bond motifs is 2. The van der Waals surface area contributed by atoms with E-state index in [0.29, 0.717) is 0 Å². The van der Waals surface area contributed by atoms with Gasteiger partial charge in [-0.15, -0.1) is 11.3 Å². The second-order valence-corrected chi connectivity index (χ2v) is 5.26. The van der Waals surface area contributed by atoms with Gasteiger partial charge in [0.2, 0.25) is 11.6 Å². The standard InChI is InChI=1S/C13H9N3O4S/c1-16(20-2)13(19)12-15-8-9(17)7-5-14-4-3-6(7)10(18)11(8)21-12/h3-5H,1-2H3. The summed E-state index contributed by atoms with van der Waals surface area (Å²) in [5.41, 5.74) is 0.489. The quantitative estimate of drug-likeness (QED) is 0.655. The first kappa shape index (κ1) is 13.5. The zero-order valence-electron chi connectivity index (χ0n) is 11.1. The number of pyridine rings is 1. The maximum Gasteiger partial charge on any atom is 0.306 e. The number of hydroxylamine groups is 2. The molecule has 0 unspecified atom stereocenters.